The van der Waals surface area contributed by atoms with Crippen LogP contribution in [0, 0.1) is 16.3 Å². The van der Waals surface area contributed by atoms with Crippen LogP contribution in [0.25, 0.3) is 16.6 Å². The van der Waals surface area contributed by atoms with Crippen LogP contribution in [0.2, 0.25) is 0 Å². The highest BCUT2D eigenvalue weighted by Crippen LogP contribution is 2.34. The quantitative estimate of drug-likeness (QED) is 0.296. The molecule has 214 valence electrons. The number of anilines is 3. The van der Waals surface area contributed by atoms with Crippen molar-refractivity contribution in [2.75, 3.05) is 22.3 Å². The zero-order chi connectivity index (χ0) is 29.7. The molecular weight excluding hydrogens is 664 g/mol. The molecule has 2 heterocycles. The summed E-state index contributed by atoms with van der Waals surface area (Å²) in [6, 6.07) is 10.7. The number of nitrogens with zero attached hydrogens (tertiary/aromatic N) is 4. The van der Waals surface area contributed by atoms with Crippen molar-refractivity contribution in [2.45, 2.75) is 32.7 Å². The molecule has 1 amide bonds. The zero-order valence-corrected chi connectivity index (χ0v) is 25.7. The van der Waals surface area contributed by atoms with Gasteiger partial charge in [0, 0.05) is 51.9 Å². The molecule has 1 unspecified atom stereocenters. The van der Waals surface area contributed by atoms with E-state index in [2.05, 4.69) is 5.32 Å². The lowest BCUT2D eigenvalue weighted by Gasteiger charge is -2.23. The van der Waals surface area contributed by atoms with Gasteiger partial charge in [-0.05, 0) is 78.8 Å². The Morgan fingerprint density at radius 1 is 1.15 bits per heavy atom. The molecule has 0 radical (unpaired) electrons. The third-order valence-corrected chi connectivity index (χ3v) is 8.32. The van der Waals surface area contributed by atoms with Crippen molar-refractivity contribution in [3.05, 3.63) is 88.6 Å². The molecule has 4 aromatic rings. The first-order valence-corrected chi connectivity index (χ1v) is 15.5. The van der Waals surface area contributed by atoms with Crippen molar-refractivity contribution in [3.8, 4) is 5.69 Å². The van der Waals surface area contributed by atoms with Gasteiger partial charge in [0.05, 0.1) is 16.9 Å². The summed E-state index contributed by atoms with van der Waals surface area (Å²) in [5.41, 5.74) is -0.691. The first-order valence-electron chi connectivity index (χ1n) is 12.7. The number of aromatic nitrogens is 3. The predicted molar refractivity (Wildman–Crippen MR) is 167 cm³/mol. The molecule has 1 saturated carbocycles. The topological polar surface area (TPSA) is 115 Å². The number of carbonyl (C=O) groups excluding carboxylic acids is 1. The van der Waals surface area contributed by atoms with Crippen molar-refractivity contribution in [1.29, 1.82) is 0 Å². The van der Waals surface area contributed by atoms with Crippen LogP contribution in [0.15, 0.2) is 56.8 Å². The van der Waals surface area contributed by atoms with Crippen LogP contribution in [0.3, 0.4) is 0 Å². The van der Waals surface area contributed by atoms with Crippen LogP contribution in [-0.4, -0.2) is 35.9 Å². The molecule has 2 aromatic carbocycles. The van der Waals surface area contributed by atoms with Gasteiger partial charge in [0.25, 0.3) is 11.1 Å². The summed E-state index contributed by atoms with van der Waals surface area (Å²) in [4.78, 5) is 55.2. The Balaban J connectivity index is 1.87. The number of benzene rings is 2. The van der Waals surface area contributed by atoms with Gasteiger partial charge in [0.1, 0.15) is 22.9 Å². The summed E-state index contributed by atoms with van der Waals surface area (Å²) in [5, 5.41) is 2.99. The van der Waals surface area contributed by atoms with Crippen molar-refractivity contribution in [2.24, 2.45) is 7.05 Å². The molecule has 0 saturated heterocycles. The Morgan fingerprint density at radius 3 is 2.46 bits per heavy atom. The van der Waals surface area contributed by atoms with Crippen LogP contribution in [0.1, 0.15) is 31.4 Å². The van der Waals surface area contributed by atoms with E-state index in [0.717, 1.165) is 0 Å². The van der Waals surface area contributed by atoms with Crippen LogP contribution in [0.5, 0.6) is 0 Å². The van der Waals surface area contributed by atoms with E-state index in [-0.39, 0.29) is 45.8 Å². The lowest BCUT2D eigenvalue weighted by atomic mass is 10.1. The number of halogens is 2. The largest absolute Gasteiger partial charge is 0.338 e. The van der Waals surface area contributed by atoms with Crippen LogP contribution in [-0.2, 0) is 22.6 Å². The fraction of sp³-hybridized carbons (Fsp3) is 0.286. The number of amides is 1. The Labute approximate surface area is 250 Å². The third-order valence-electron chi connectivity index (χ3n) is 7.03. The highest BCUT2D eigenvalue weighted by molar-refractivity contribution is 14.1. The Morgan fingerprint density at radius 2 is 1.85 bits per heavy atom. The smallest absolute Gasteiger partial charge is 0.336 e. The van der Waals surface area contributed by atoms with Gasteiger partial charge in [-0.25, -0.2) is 9.18 Å². The summed E-state index contributed by atoms with van der Waals surface area (Å²) < 4.78 is 31.3. The molecular formula is C28H27FIN5O5S. The maximum Gasteiger partial charge on any atom is 0.336 e. The summed E-state index contributed by atoms with van der Waals surface area (Å²) in [6.07, 6.45) is 2.76. The summed E-state index contributed by atoms with van der Waals surface area (Å²) in [5.74, 6) is -0.912. The van der Waals surface area contributed by atoms with E-state index in [1.807, 2.05) is 22.6 Å². The molecule has 41 heavy (non-hydrogen) atoms. The van der Waals surface area contributed by atoms with E-state index < -0.39 is 33.4 Å². The molecule has 2 aromatic heterocycles. The minimum Gasteiger partial charge on any atom is -0.338 e. The van der Waals surface area contributed by atoms with Crippen molar-refractivity contribution >= 4 is 67.4 Å². The number of nitrogens with one attached hydrogen (secondary N) is 1. The number of carbonyl (C=O) groups is 1. The Kier molecular flexibility index (Phi) is 7.76. The van der Waals surface area contributed by atoms with Gasteiger partial charge in [-0.15, -0.1) is 0 Å². The number of hydrogen-bond acceptors (Lipinski definition) is 6. The monoisotopic (exact) mass is 691 g/mol. The molecule has 0 aliphatic heterocycles. The van der Waals surface area contributed by atoms with Gasteiger partial charge in [0.15, 0.2) is 0 Å². The van der Waals surface area contributed by atoms with Gasteiger partial charge in [-0.2, -0.15) is 0 Å². The molecule has 13 heteroatoms. The van der Waals surface area contributed by atoms with Crippen molar-refractivity contribution < 1.29 is 13.4 Å². The van der Waals surface area contributed by atoms with Crippen molar-refractivity contribution in [3.63, 3.8) is 0 Å². The van der Waals surface area contributed by atoms with Crippen LogP contribution >= 0.6 is 22.6 Å². The molecule has 1 aliphatic rings. The molecule has 1 fully saturated rings. The second-order valence-corrected chi connectivity index (χ2v) is 12.7. The van der Waals surface area contributed by atoms with Crippen molar-refractivity contribution in [1.82, 2.24) is 13.7 Å². The number of aryl methyl sites for hydroxylation is 1. The Bertz CT molecular complexity index is 1950. The summed E-state index contributed by atoms with van der Waals surface area (Å²) in [6.45, 7) is 2.88. The summed E-state index contributed by atoms with van der Waals surface area (Å²) in [7, 11) is 0.153. The molecule has 0 bridgehead atoms. The maximum atomic E-state index is 14.9. The lowest BCUT2D eigenvalue weighted by molar-refractivity contribution is -0.116. The standard InChI is InChI=1S/C28H27FIN5O5S/c1-15-24-23(25(32(3)26(15)37)31-22-11-8-17(30)12-21(22)29)27(38)35(18-9-10-18)28(39)34(24)20-7-5-6-19(13-20)33(16(2)36)14-41(4)40/h5-8,11-13,18,31H,9-10,14H2,1-4H3. The molecule has 5 rings (SSSR count). The SMILES string of the molecule is CC(=O)N(CS(C)=O)c1cccc(-n2c(=O)n(C3CC3)c(=O)c3c(Nc4ccc(I)cc4F)n(C)c(=O)c(C)c32)c1. The van der Waals surface area contributed by atoms with E-state index in [1.165, 1.54) is 57.9 Å². The molecule has 0 spiro atoms. The van der Waals surface area contributed by atoms with E-state index in [9.17, 15) is 27.8 Å². The minimum absolute atomic E-state index is 0.0479. The van der Waals surface area contributed by atoms with E-state index >= 15 is 0 Å². The number of hydrogen-bond donors (Lipinski definition) is 1. The molecule has 1 aliphatic carbocycles. The van der Waals surface area contributed by atoms with E-state index in [4.69, 9.17) is 0 Å². The third kappa shape index (κ3) is 5.27. The number of fused-ring (bicyclic) bond motifs is 1. The first kappa shape index (κ1) is 28.9. The van der Waals surface area contributed by atoms with Gasteiger partial charge < -0.3 is 10.2 Å². The average Bonchev–Trinajstić information content (AvgIpc) is 3.75. The normalized spacial score (nSPS) is 13.8. The average molecular weight is 692 g/mol. The lowest BCUT2D eigenvalue weighted by Crippen LogP contribution is -2.41. The van der Waals surface area contributed by atoms with Gasteiger partial charge in [0.2, 0.25) is 5.91 Å². The molecule has 1 N–H and O–H groups in total. The van der Waals surface area contributed by atoms with Crippen LogP contribution < -0.4 is 27.0 Å². The van der Waals surface area contributed by atoms with E-state index in [0.29, 0.717) is 27.8 Å². The van der Waals surface area contributed by atoms with E-state index in [1.54, 1.807) is 30.3 Å². The van der Waals surface area contributed by atoms with Gasteiger partial charge in [-0.1, -0.05) is 6.07 Å². The highest BCUT2D eigenvalue weighted by atomic mass is 127. The maximum absolute atomic E-state index is 14.9. The second kappa shape index (κ2) is 11.0. The molecule has 10 nitrogen and oxygen atoms in total. The Hall–Kier alpha value is -3.59. The number of pyridine rings is 1. The predicted octanol–water partition coefficient (Wildman–Crippen LogP) is 3.67. The molecule has 1 atom stereocenters. The fourth-order valence-corrected chi connectivity index (χ4v) is 6.05. The number of rotatable bonds is 7. The second-order valence-electron chi connectivity index (χ2n) is 10.0. The first-order chi connectivity index (χ1) is 19.4. The highest BCUT2D eigenvalue weighted by Gasteiger charge is 2.32. The van der Waals surface area contributed by atoms with Crippen LogP contribution in [0.4, 0.5) is 21.6 Å². The fourth-order valence-electron chi connectivity index (χ4n) is 4.90. The van der Waals surface area contributed by atoms with Gasteiger partial charge in [-0.3, -0.25) is 32.3 Å². The minimum atomic E-state index is -1.33. The summed E-state index contributed by atoms with van der Waals surface area (Å²) >= 11 is 1.98. The van der Waals surface area contributed by atoms with Gasteiger partial charge >= 0.3 is 5.69 Å². The zero-order valence-electron chi connectivity index (χ0n) is 22.7.